The first kappa shape index (κ1) is 28.1. The van der Waals surface area contributed by atoms with Crippen molar-refractivity contribution in [1.29, 1.82) is 0 Å². The lowest BCUT2D eigenvalue weighted by Gasteiger charge is -2.15. The summed E-state index contributed by atoms with van der Waals surface area (Å²) >= 11 is 0. The maximum Gasteiger partial charge on any atom is 0.344 e. The van der Waals surface area contributed by atoms with Crippen molar-refractivity contribution < 1.29 is 27.1 Å². The van der Waals surface area contributed by atoms with Crippen LogP contribution in [0.25, 0.3) is 27.8 Å². The van der Waals surface area contributed by atoms with E-state index in [2.05, 4.69) is 16.6 Å². The van der Waals surface area contributed by atoms with Crippen LogP contribution in [0.2, 0.25) is 0 Å². The van der Waals surface area contributed by atoms with Gasteiger partial charge in [-0.25, -0.2) is 27.3 Å². The van der Waals surface area contributed by atoms with Crippen molar-refractivity contribution in [1.82, 2.24) is 14.3 Å². The van der Waals surface area contributed by atoms with Crippen molar-refractivity contribution in [2.24, 2.45) is 0 Å². The number of carboxylic acid groups (broad SMARTS) is 1. The Morgan fingerprint density at radius 2 is 1.67 bits per heavy atom. The Kier molecular flexibility index (Phi) is 8.51. The number of rotatable bonds is 11. The molecule has 0 atom stereocenters. The highest BCUT2D eigenvalue weighted by Crippen LogP contribution is 2.27. The van der Waals surface area contributed by atoms with Crippen LogP contribution in [0.5, 0.6) is 0 Å². The molecule has 11 heteroatoms. The maximum atomic E-state index is 15.4. The number of hydrogen-bond donors (Lipinski definition) is 2. The summed E-state index contributed by atoms with van der Waals surface area (Å²) in [6.45, 7) is 2.46. The van der Waals surface area contributed by atoms with Crippen LogP contribution in [0.3, 0.4) is 0 Å². The van der Waals surface area contributed by atoms with E-state index in [0.717, 1.165) is 55.0 Å². The number of fused-ring (bicyclic) bond motifs is 1. The van der Waals surface area contributed by atoms with E-state index in [-0.39, 0.29) is 21.6 Å². The molecule has 4 rings (SSSR count). The van der Waals surface area contributed by atoms with Crippen molar-refractivity contribution in [2.45, 2.75) is 43.9 Å². The Labute approximate surface area is 224 Å². The summed E-state index contributed by atoms with van der Waals surface area (Å²) in [5.74, 6) is -3.89. The fraction of sp³-hybridized carbons (Fsp3) is 0.250. The number of aromatic carboxylic acids is 1. The molecule has 2 aromatic heterocycles. The third-order valence-electron chi connectivity index (χ3n) is 6.34. The number of nitrogens with zero attached hydrogens (tertiary/aromatic N) is 2. The van der Waals surface area contributed by atoms with Gasteiger partial charge in [-0.3, -0.25) is 9.36 Å². The minimum absolute atomic E-state index is 0.0144. The molecule has 0 saturated heterocycles. The van der Waals surface area contributed by atoms with Crippen molar-refractivity contribution in [3.8, 4) is 16.9 Å². The molecule has 4 aromatic rings. The number of unbranched alkanes of at least 4 members (excludes halogenated alkanes) is 4. The molecule has 2 N–H and O–H groups in total. The first-order chi connectivity index (χ1) is 18.6. The zero-order chi connectivity index (χ0) is 28.2. The zero-order valence-electron chi connectivity index (χ0n) is 21.2. The van der Waals surface area contributed by atoms with Gasteiger partial charge in [0, 0.05) is 11.9 Å². The first-order valence-electron chi connectivity index (χ1n) is 12.5. The molecule has 0 spiro atoms. The fourth-order valence-electron chi connectivity index (χ4n) is 4.29. The van der Waals surface area contributed by atoms with Gasteiger partial charge in [0.15, 0.2) is 5.56 Å². The van der Waals surface area contributed by atoms with Crippen molar-refractivity contribution >= 4 is 26.9 Å². The standard InChI is InChI=1S/C28H27F2N3O5S/c1-2-3-4-5-6-15-32-39(37,38)21-11-7-18(8-12-21)19-9-13-22-23(16-19)33(24-14-10-20(29)17-31-24)27(30)25(26(22)34)28(35)36/h7-14,16-17,32H,2-6,15H2,1H3,(H,35,36). The van der Waals surface area contributed by atoms with Crippen LogP contribution in [0.15, 0.2) is 70.5 Å². The summed E-state index contributed by atoms with van der Waals surface area (Å²) in [6.07, 6.45) is 5.83. The van der Waals surface area contributed by atoms with Crippen LogP contribution < -0.4 is 10.2 Å². The minimum atomic E-state index is -3.70. The second-order valence-corrected chi connectivity index (χ2v) is 10.8. The SMILES string of the molecule is CCCCCCCNS(=O)(=O)c1ccc(-c2ccc3c(=O)c(C(=O)O)c(F)n(-c4ccc(F)cn4)c3c2)cc1. The van der Waals surface area contributed by atoms with Gasteiger partial charge in [-0.15, -0.1) is 0 Å². The topological polar surface area (TPSA) is 118 Å². The van der Waals surface area contributed by atoms with E-state index in [9.17, 15) is 27.5 Å². The van der Waals surface area contributed by atoms with Crippen LogP contribution >= 0.6 is 0 Å². The normalized spacial score (nSPS) is 11.7. The molecule has 0 radical (unpaired) electrons. The summed E-state index contributed by atoms with van der Waals surface area (Å²) < 4.78 is 57.6. The quantitative estimate of drug-likeness (QED) is 0.192. The summed E-state index contributed by atoms with van der Waals surface area (Å²) in [6, 6.07) is 12.6. The molecular formula is C28H27F2N3O5S. The van der Waals surface area contributed by atoms with E-state index in [4.69, 9.17) is 0 Å². The predicted octanol–water partition coefficient (Wildman–Crippen LogP) is 5.28. The van der Waals surface area contributed by atoms with Gasteiger partial charge in [-0.2, -0.15) is 4.39 Å². The van der Waals surface area contributed by atoms with E-state index >= 15 is 4.39 Å². The third-order valence-corrected chi connectivity index (χ3v) is 7.81. The molecule has 39 heavy (non-hydrogen) atoms. The second-order valence-electron chi connectivity index (χ2n) is 9.04. The lowest BCUT2D eigenvalue weighted by molar-refractivity contribution is 0.0689. The number of pyridine rings is 2. The van der Waals surface area contributed by atoms with Gasteiger partial charge in [0.05, 0.1) is 16.6 Å². The summed E-state index contributed by atoms with van der Waals surface area (Å²) in [7, 11) is -3.70. The summed E-state index contributed by atoms with van der Waals surface area (Å²) in [5.41, 5.74) is -0.978. The highest BCUT2D eigenvalue weighted by molar-refractivity contribution is 7.89. The van der Waals surface area contributed by atoms with Crippen LogP contribution in [-0.2, 0) is 10.0 Å². The Morgan fingerprint density at radius 3 is 2.31 bits per heavy atom. The van der Waals surface area contributed by atoms with Crippen molar-refractivity contribution in [3.05, 3.63) is 88.3 Å². The monoisotopic (exact) mass is 555 g/mol. The fourth-order valence-corrected chi connectivity index (χ4v) is 5.36. The second kappa shape index (κ2) is 11.8. The van der Waals surface area contributed by atoms with Gasteiger partial charge < -0.3 is 5.11 Å². The van der Waals surface area contributed by atoms with Gasteiger partial charge in [0.2, 0.25) is 21.4 Å². The summed E-state index contributed by atoms with van der Waals surface area (Å²) in [5, 5.41) is 9.38. The molecule has 0 aliphatic rings. The Morgan fingerprint density at radius 1 is 0.974 bits per heavy atom. The number of aromatic nitrogens is 2. The van der Waals surface area contributed by atoms with E-state index < -0.39 is 38.7 Å². The maximum absolute atomic E-state index is 15.4. The zero-order valence-corrected chi connectivity index (χ0v) is 22.0. The molecule has 0 bridgehead atoms. The average Bonchev–Trinajstić information content (AvgIpc) is 2.91. The largest absolute Gasteiger partial charge is 0.477 e. The van der Waals surface area contributed by atoms with Crippen molar-refractivity contribution in [3.63, 3.8) is 0 Å². The molecule has 0 fully saturated rings. The number of sulfonamides is 1. The van der Waals surface area contributed by atoms with Crippen LogP contribution in [0, 0.1) is 11.8 Å². The molecule has 8 nitrogen and oxygen atoms in total. The number of carbonyl (C=O) groups is 1. The first-order valence-corrected chi connectivity index (χ1v) is 14.0. The van der Waals surface area contributed by atoms with Crippen LogP contribution in [0.4, 0.5) is 8.78 Å². The molecule has 0 amide bonds. The molecule has 0 aliphatic carbocycles. The highest BCUT2D eigenvalue weighted by Gasteiger charge is 2.24. The van der Waals surface area contributed by atoms with Gasteiger partial charge in [0.25, 0.3) is 0 Å². The molecule has 0 unspecified atom stereocenters. The Hall–Kier alpha value is -3.96. The van der Waals surface area contributed by atoms with E-state index in [1.54, 1.807) is 18.2 Å². The smallest absolute Gasteiger partial charge is 0.344 e. The molecule has 2 aromatic carbocycles. The molecule has 0 aliphatic heterocycles. The number of benzene rings is 2. The van der Waals surface area contributed by atoms with E-state index in [1.165, 1.54) is 24.3 Å². The Balaban J connectivity index is 1.70. The molecule has 0 saturated carbocycles. The van der Waals surface area contributed by atoms with Gasteiger partial charge in [0.1, 0.15) is 11.6 Å². The van der Waals surface area contributed by atoms with Crippen LogP contribution in [0.1, 0.15) is 49.4 Å². The van der Waals surface area contributed by atoms with E-state index in [1.807, 2.05) is 0 Å². The van der Waals surface area contributed by atoms with Gasteiger partial charge in [-0.05, 0) is 53.9 Å². The average molecular weight is 556 g/mol. The summed E-state index contributed by atoms with van der Waals surface area (Å²) in [4.78, 5) is 28.4. The Bertz CT molecular complexity index is 1670. The minimum Gasteiger partial charge on any atom is -0.477 e. The lowest BCUT2D eigenvalue weighted by Crippen LogP contribution is -2.24. The number of hydrogen-bond acceptors (Lipinski definition) is 5. The van der Waals surface area contributed by atoms with E-state index in [0.29, 0.717) is 17.7 Å². The molecule has 204 valence electrons. The number of carboxylic acids is 1. The predicted molar refractivity (Wildman–Crippen MR) is 144 cm³/mol. The number of halogens is 2. The van der Waals surface area contributed by atoms with Crippen LogP contribution in [-0.4, -0.2) is 35.6 Å². The lowest BCUT2D eigenvalue weighted by atomic mass is 10.0. The van der Waals surface area contributed by atoms with Gasteiger partial charge >= 0.3 is 5.97 Å². The molecule has 2 heterocycles. The molecular weight excluding hydrogens is 528 g/mol. The third kappa shape index (κ3) is 6.04. The number of nitrogens with one attached hydrogen (secondary N) is 1. The van der Waals surface area contributed by atoms with Crippen molar-refractivity contribution in [2.75, 3.05) is 6.54 Å². The van der Waals surface area contributed by atoms with Gasteiger partial charge in [-0.1, -0.05) is 50.8 Å². The highest BCUT2D eigenvalue weighted by atomic mass is 32.2.